The average molecular weight is 385 g/mol. The molecule has 5 nitrogen and oxygen atoms in total. The summed E-state index contributed by atoms with van der Waals surface area (Å²) in [5, 5.41) is 3.15. The largest absolute Gasteiger partial charge is 0.332 e. The molecule has 4 rings (SSSR count). The third-order valence-electron chi connectivity index (χ3n) is 6.24. The van der Waals surface area contributed by atoms with Gasteiger partial charge in [-0.3, -0.25) is 9.59 Å². The molecule has 0 bridgehead atoms. The van der Waals surface area contributed by atoms with Gasteiger partial charge < -0.3 is 15.0 Å². The van der Waals surface area contributed by atoms with Gasteiger partial charge in [0.25, 0.3) is 0 Å². The van der Waals surface area contributed by atoms with Gasteiger partial charge >= 0.3 is 0 Å². The summed E-state index contributed by atoms with van der Waals surface area (Å²) in [5.41, 5.74) is 2.54. The minimum atomic E-state index is -0.622. The third-order valence-corrected chi connectivity index (χ3v) is 6.64. The first kappa shape index (κ1) is 18.4. The van der Waals surface area contributed by atoms with E-state index in [1.807, 2.05) is 12.1 Å². The Balaban J connectivity index is 1.52. The van der Waals surface area contributed by atoms with Crippen molar-refractivity contribution < 1.29 is 14.4 Å². The standard InChI is InChI=1S/C21H24N2O3S/c24-12-16-6-3-9-23(16)21(26)19-18(17(27)11-22-19)20(25)15-8-7-13-4-1-2-5-14(13)10-15/h1-2,4-5,12,15-16,18-19,22H,3,6-11H2/t15-,16+,18?,19+/m1/s1. The van der Waals surface area contributed by atoms with Crippen LogP contribution < -0.4 is 5.32 Å². The number of Topliss-reactive ketones (excluding diaryl/α,β-unsaturated/α-hetero) is 1. The molecule has 1 aromatic rings. The molecule has 1 amide bonds. The van der Waals surface area contributed by atoms with Gasteiger partial charge in [-0.1, -0.05) is 36.5 Å². The molecule has 2 saturated heterocycles. The van der Waals surface area contributed by atoms with E-state index in [4.69, 9.17) is 12.2 Å². The summed E-state index contributed by atoms with van der Waals surface area (Å²) >= 11 is 5.47. The number of nitrogens with one attached hydrogen (secondary N) is 1. The highest BCUT2D eigenvalue weighted by atomic mass is 32.1. The highest BCUT2D eigenvalue weighted by molar-refractivity contribution is 7.80. The van der Waals surface area contributed by atoms with Crippen LogP contribution in [0.1, 0.15) is 30.4 Å². The van der Waals surface area contributed by atoms with E-state index in [0.29, 0.717) is 24.4 Å². The molecular weight excluding hydrogens is 360 g/mol. The lowest BCUT2D eigenvalue weighted by Gasteiger charge is -2.30. The predicted octanol–water partition coefficient (Wildman–Crippen LogP) is 1.51. The fourth-order valence-corrected chi connectivity index (χ4v) is 5.09. The van der Waals surface area contributed by atoms with Gasteiger partial charge in [0.2, 0.25) is 5.91 Å². The number of fused-ring (bicyclic) bond motifs is 1. The molecule has 1 unspecified atom stereocenters. The Kier molecular flexibility index (Phi) is 5.19. The van der Waals surface area contributed by atoms with Crippen molar-refractivity contribution in [3.63, 3.8) is 0 Å². The number of nitrogens with zero attached hydrogens (tertiary/aromatic N) is 1. The van der Waals surface area contributed by atoms with E-state index in [1.54, 1.807) is 4.90 Å². The molecule has 2 aliphatic heterocycles. The van der Waals surface area contributed by atoms with Crippen LogP contribution in [0.3, 0.4) is 0 Å². The number of hydrogen-bond donors (Lipinski definition) is 1. The Morgan fingerprint density at radius 3 is 2.74 bits per heavy atom. The minimum Gasteiger partial charge on any atom is -0.332 e. The summed E-state index contributed by atoms with van der Waals surface area (Å²) in [7, 11) is 0. The number of carbonyl (C=O) groups excluding carboxylic acids is 3. The smallest absolute Gasteiger partial charge is 0.241 e. The van der Waals surface area contributed by atoms with Crippen LogP contribution in [-0.4, -0.2) is 52.9 Å². The lowest BCUT2D eigenvalue weighted by Crippen LogP contribution is -2.51. The van der Waals surface area contributed by atoms with Crippen LogP contribution in [0.5, 0.6) is 0 Å². The maximum atomic E-state index is 13.3. The maximum Gasteiger partial charge on any atom is 0.241 e. The summed E-state index contributed by atoms with van der Waals surface area (Å²) < 4.78 is 0. The van der Waals surface area contributed by atoms with Crippen LogP contribution in [0, 0.1) is 11.8 Å². The van der Waals surface area contributed by atoms with Gasteiger partial charge in [-0.25, -0.2) is 0 Å². The number of carbonyl (C=O) groups is 3. The van der Waals surface area contributed by atoms with Crippen molar-refractivity contribution in [1.29, 1.82) is 0 Å². The Morgan fingerprint density at radius 2 is 1.96 bits per heavy atom. The van der Waals surface area contributed by atoms with Gasteiger partial charge in [-0.15, -0.1) is 0 Å². The van der Waals surface area contributed by atoms with E-state index in [9.17, 15) is 14.4 Å². The number of likely N-dealkylation sites (tertiary alicyclic amines) is 1. The Bertz CT molecular complexity index is 793. The lowest BCUT2D eigenvalue weighted by atomic mass is 9.76. The zero-order chi connectivity index (χ0) is 19.0. The van der Waals surface area contributed by atoms with Crippen molar-refractivity contribution in [3.05, 3.63) is 35.4 Å². The number of ketones is 1. The molecule has 3 aliphatic rings. The van der Waals surface area contributed by atoms with Crippen LogP contribution in [0.25, 0.3) is 0 Å². The second kappa shape index (κ2) is 7.60. The first-order valence-electron chi connectivity index (χ1n) is 9.72. The lowest BCUT2D eigenvalue weighted by molar-refractivity contribution is -0.139. The quantitative estimate of drug-likeness (QED) is 0.630. The van der Waals surface area contributed by atoms with E-state index in [-0.39, 0.29) is 23.7 Å². The molecule has 6 heteroatoms. The molecule has 2 fully saturated rings. The number of aryl methyl sites for hydroxylation is 1. The van der Waals surface area contributed by atoms with Crippen LogP contribution >= 0.6 is 12.2 Å². The summed E-state index contributed by atoms with van der Waals surface area (Å²) in [5.74, 6) is -0.729. The Morgan fingerprint density at radius 1 is 1.19 bits per heavy atom. The third kappa shape index (κ3) is 3.36. The number of amides is 1. The molecular formula is C21H24N2O3S. The summed E-state index contributed by atoms with van der Waals surface area (Å²) in [4.78, 5) is 39.9. The van der Waals surface area contributed by atoms with E-state index in [0.717, 1.165) is 32.0 Å². The van der Waals surface area contributed by atoms with Crippen LogP contribution in [0.2, 0.25) is 0 Å². The summed E-state index contributed by atoms with van der Waals surface area (Å²) in [6.45, 7) is 0.982. The van der Waals surface area contributed by atoms with Crippen molar-refractivity contribution in [3.8, 4) is 0 Å². The molecule has 2 heterocycles. The fraction of sp³-hybridized carbons (Fsp3) is 0.524. The second-order valence-corrected chi connectivity index (χ2v) is 8.32. The average Bonchev–Trinajstić information content (AvgIpc) is 3.33. The van der Waals surface area contributed by atoms with Crippen molar-refractivity contribution in [2.45, 2.75) is 44.2 Å². The van der Waals surface area contributed by atoms with E-state index in [1.165, 1.54) is 11.1 Å². The minimum absolute atomic E-state index is 0.0831. The first-order chi connectivity index (χ1) is 13.1. The van der Waals surface area contributed by atoms with Gasteiger partial charge in [0.05, 0.1) is 12.0 Å². The SMILES string of the molecule is O=C[C@@H]1CCCN1C(=O)[C@H]1NCC(=S)C1C(=O)[C@@H]1CCc2ccccc2C1. The number of thiocarbonyl (C=S) groups is 1. The molecule has 0 spiro atoms. The molecule has 27 heavy (non-hydrogen) atoms. The molecule has 4 atom stereocenters. The second-order valence-electron chi connectivity index (χ2n) is 7.79. The van der Waals surface area contributed by atoms with Gasteiger partial charge in [0.15, 0.2) is 0 Å². The van der Waals surface area contributed by atoms with Crippen LogP contribution in [-0.2, 0) is 27.2 Å². The molecule has 1 N–H and O–H groups in total. The van der Waals surface area contributed by atoms with Crippen LogP contribution in [0.15, 0.2) is 24.3 Å². The molecule has 0 radical (unpaired) electrons. The number of rotatable bonds is 4. The van der Waals surface area contributed by atoms with Crippen LogP contribution in [0.4, 0.5) is 0 Å². The highest BCUT2D eigenvalue weighted by Crippen LogP contribution is 2.31. The van der Waals surface area contributed by atoms with Gasteiger partial charge in [-0.05, 0) is 43.2 Å². The van der Waals surface area contributed by atoms with Gasteiger partial charge in [0.1, 0.15) is 18.1 Å². The van der Waals surface area contributed by atoms with E-state index < -0.39 is 12.0 Å². The monoisotopic (exact) mass is 384 g/mol. The molecule has 1 aliphatic carbocycles. The fourth-order valence-electron chi connectivity index (χ4n) is 4.76. The molecule has 0 aromatic heterocycles. The molecule has 1 aromatic carbocycles. The summed E-state index contributed by atoms with van der Waals surface area (Å²) in [6, 6.07) is 7.25. The summed E-state index contributed by atoms with van der Waals surface area (Å²) in [6.07, 6.45) is 4.77. The van der Waals surface area contributed by atoms with Gasteiger partial charge in [-0.2, -0.15) is 0 Å². The van der Waals surface area contributed by atoms with E-state index in [2.05, 4.69) is 17.4 Å². The Hall–Kier alpha value is -1.92. The van der Waals surface area contributed by atoms with E-state index >= 15 is 0 Å². The zero-order valence-electron chi connectivity index (χ0n) is 15.2. The molecule has 142 valence electrons. The Labute approximate surface area is 164 Å². The normalized spacial score (nSPS) is 30.2. The number of aldehydes is 1. The van der Waals surface area contributed by atoms with Crippen molar-refractivity contribution in [2.24, 2.45) is 11.8 Å². The van der Waals surface area contributed by atoms with Crippen molar-refractivity contribution in [2.75, 3.05) is 13.1 Å². The topological polar surface area (TPSA) is 66.5 Å². The highest BCUT2D eigenvalue weighted by Gasteiger charge is 2.46. The first-order valence-corrected chi connectivity index (χ1v) is 10.1. The van der Waals surface area contributed by atoms with Crippen molar-refractivity contribution in [1.82, 2.24) is 10.2 Å². The number of benzene rings is 1. The zero-order valence-corrected chi connectivity index (χ0v) is 16.0. The van der Waals surface area contributed by atoms with Gasteiger partial charge in [0, 0.05) is 23.9 Å². The predicted molar refractivity (Wildman–Crippen MR) is 106 cm³/mol. The van der Waals surface area contributed by atoms with Crippen molar-refractivity contribution >= 4 is 35.1 Å². The maximum absolute atomic E-state index is 13.3. The molecule has 0 saturated carbocycles. The number of hydrogen-bond acceptors (Lipinski definition) is 5.